The van der Waals surface area contributed by atoms with Crippen LogP contribution in [0.25, 0.3) is 0 Å². The lowest BCUT2D eigenvalue weighted by Crippen LogP contribution is -2.38. The van der Waals surface area contributed by atoms with E-state index < -0.39 is 15.9 Å². The number of nitrogens with two attached hydrogens (primary N) is 1. The largest absolute Gasteiger partial charge is 0.489 e. The quantitative estimate of drug-likeness (QED) is 0.441. The summed E-state index contributed by atoms with van der Waals surface area (Å²) in [5, 5.41) is 6.15. The van der Waals surface area contributed by atoms with E-state index in [2.05, 4.69) is 26.6 Å². The van der Waals surface area contributed by atoms with E-state index in [4.69, 9.17) is 10.5 Å². The Labute approximate surface area is 197 Å². The number of sulfonamides is 1. The molecule has 2 aliphatic heterocycles. The average molecular weight is 531 g/mol. The Bertz CT molecular complexity index is 936. The molecule has 32 heavy (non-hydrogen) atoms. The Kier molecular flexibility index (Phi) is 8.54. The average Bonchev–Trinajstić information content (AvgIpc) is 3.23. The summed E-state index contributed by atoms with van der Waals surface area (Å²) in [6, 6.07) is 4.57. The van der Waals surface area contributed by atoms with Crippen molar-refractivity contribution < 1.29 is 22.7 Å². The molecule has 4 N–H and O–H groups in total. The van der Waals surface area contributed by atoms with Crippen molar-refractivity contribution in [2.24, 2.45) is 11.7 Å². The van der Waals surface area contributed by atoms with Gasteiger partial charge in [-0.05, 0) is 72.9 Å². The van der Waals surface area contributed by atoms with Crippen molar-refractivity contribution in [3.8, 4) is 5.75 Å². The molecule has 0 aromatic heterocycles. The van der Waals surface area contributed by atoms with Gasteiger partial charge in [0.15, 0.2) is 0 Å². The number of benzene rings is 1. The molecule has 3 rings (SSSR count). The zero-order chi connectivity index (χ0) is 23.3. The molecule has 11 heteroatoms. The molecule has 2 saturated heterocycles. The van der Waals surface area contributed by atoms with E-state index in [0.29, 0.717) is 29.6 Å². The minimum absolute atomic E-state index is 0.115. The van der Waals surface area contributed by atoms with E-state index in [1.54, 1.807) is 25.1 Å². The molecule has 1 aromatic carbocycles. The van der Waals surface area contributed by atoms with Gasteiger partial charge in [-0.3, -0.25) is 9.59 Å². The number of nitrogens with one attached hydrogen (secondary N) is 2. The van der Waals surface area contributed by atoms with Crippen LogP contribution in [-0.4, -0.2) is 62.9 Å². The molecule has 2 fully saturated rings. The van der Waals surface area contributed by atoms with Gasteiger partial charge in [0.05, 0.1) is 9.37 Å². The molecule has 0 radical (unpaired) electrons. The first-order chi connectivity index (χ1) is 15.2. The van der Waals surface area contributed by atoms with E-state index in [1.165, 1.54) is 4.31 Å². The van der Waals surface area contributed by atoms with Gasteiger partial charge in [-0.1, -0.05) is 6.92 Å². The van der Waals surface area contributed by atoms with Crippen LogP contribution < -0.4 is 21.1 Å². The number of ether oxygens (including phenoxy) is 1. The first-order valence-electron chi connectivity index (χ1n) is 10.9. The van der Waals surface area contributed by atoms with Gasteiger partial charge < -0.3 is 21.1 Å². The lowest BCUT2D eigenvalue weighted by atomic mass is 10.0. The molecule has 0 spiro atoms. The Morgan fingerprint density at radius 1 is 1.31 bits per heavy atom. The second-order valence-electron chi connectivity index (χ2n) is 8.42. The summed E-state index contributed by atoms with van der Waals surface area (Å²) < 4.78 is 34.2. The number of primary amides is 1. The summed E-state index contributed by atoms with van der Waals surface area (Å²) in [6.45, 7) is 4.04. The van der Waals surface area contributed by atoms with Crippen molar-refractivity contribution >= 4 is 37.8 Å². The van der Waals surface area contributed by atoms with Gasteiger partial charge in [0, 0.05) is 31.5 Å². The van der Waals surface area contributed by atoms with Gasteiger partial charge in [-0.25, -0.2) is 8.42 Å². The predicted octanol–water partition coefficient (Wildman–Crippen LogP) is 1.36. The monoisotopic (exact) mass is 530 g/mol. The summed E-state index contributed by atoms with van der Waals surface area (Å²) in [4.78, 5) is 23.4. The second kappa shape index (κ2) is 11.0. The normalized spacial score (nSPS) is 21.2. The molecular formula is C21H31BrN4O5S. The third-order valence-electron chi connectivity index (χ3n) is 5.93. The molecular weight excluding hydrogens is 500 g/mol. The van der Waals surface area contributed by atoms with Gasteiger partial charge in [-0.2, -0.15) is 4.31 Å². The highest BCUT2D eigenvalue weighted by atomic mass is 79.9. The number of hydrogen-bond donors (Lipinski definition) is 3. The molecule has 1 aromatic rings. The zero-order valence-electron chi connectivity index (χ0n) is 18.2. The maximum absolute atomic E-state index is 13.1. The molecule has 2 heterocycles. The summed E-state index contributed by atoms with van der Waals surface area (Å²) in [5.74, 6) is -0.382. The van der Waals surface area contributed by atoms with Gasteiger partial charge in [0.2, 0.25) is 21.8 Å². The van der Waals surface area contributed by atoms with Crippen LogP contribution in [0.1, 0.15) is 39.0 Å². The van der Waals surface area contributed by atoms with Gasteiger partial charge in [0.25, 0.3) is 0 Å². The highest BCUT2D eigenvalue weighted by Gasteiger charge is 2.33. The van der Waals surface area contributed by atoms with E-state index in [1.807, 2.05) is 0 Å². The first-order valence-corrected chi connectivity index (χ1v) is 13.2. The Hall–Kier alpha value is -1.69. The Balaban J connectivity index is 1.56. The fraction of sp³-hybridized carbons (Fsp3) is 0.619. The first kappa shape index (κ1) is 24.9. The van der Waals surface area contributed by atoms with Crippen molar-refractivity contribution in [2.75, 3.05) is 26.2 Å². The van der Waals surface area contributed by atoms with Crippen LogP contribution in [0, 0.1) is 5.92 Å². The van der Waals surface area contributed by atoms with Crippen molar-refractivity contribution in [1.82, 2.24) is 14.9 Å². The van der Waals surface area contributed by atoms with Crippen LogP contribution in [-0.2, 0) is 19.6 Å². The van der Waals surface area contributed by atoms with Gasteiger partial charge in [0.1, 0.15) is 11.9 Å². The third-order valence-corrected chi connectivity index (χ3v) is 8.41. The van der Waals surface area contributed by atoms with Crippen molar-refractivity contribution in [3.05, 3.63) is 22.7 Å². The van der Waals surface area contributed by atoms with E-state index in [-0.39, 0.29) is 41.8 Å². The SMILES string of the molecule is C[C@@H](CCC(=O)N[C@@H]1CCN(S(=O)(=O)c2ccc(OC3CCNCC3)c(Br)c2)C1)C(N)=O. The molecule has 2 amide bonds. The number of carbonyl (C=O) groups is 2. The summed E-state index contributed by atoms with van der Waals surface area (Å²) in [7, 11) is -3.69. The smallest absolute Gasteiger partial charge is 0.243 e. The zero-order valence-corrected chi connectivity index (χ0v) is 20.6. The molecule has 178 valence electrons. The number of nitrogens with zero attached hydrogens (tertiary/aromatic N) is 1. The molecule has 9 nitrogen and oxygen atoms in total. The van der Waals surface area contributed by atoms with Gasteiger partial charge >= 0.3 is 0 Å². The van der Waals surface area contributed by atoms with Crippen LogP contribution in [0.2, 0.25) is 0 Å². The number of amides is 2. The summed E-state index contributed by atoms with van der Waals surface area (Å²) >= 11 is 3.45. The third kappa shape index (κ3) is 6.43. The molecule has 2 atom stereocenters. The number of piperidine rings is 1. The molecule has 0 bridgehead atoms. The fourth-order valence-corrected chi connectivity index (χ4v) is 5.98. The van der Waals surface area contributed by atoms with E-state index in [0.717, 1.165) is 25.9 Å². The topological polar surface area (TPSA) is 131 Å². The summed E-state index contributed by atoms with van der Waals surface area (Å²) in [5.41, 5.74) is 5.22. The molecule has 0 unspecified atom stereocenters. The fourth-order valence-electron chi connectivity index (χ4n) is 3.83. The van der Waals surface area contributed by atoms with Crippen molar-refractivity contribution in [2.45, 2.75) is 56.1 Å². The minimum Gasteiger partial charge on any atom is -0.489 e. The van der Waals surface area contributed by atoms with Gasteiger partial charge in [-0.15, -0.1) is 0 Å². The van der Waals surface area contributed by atoms with Crippen molar-refractivity contribution in [3.63, 3.8) is 0 Å². The van der Waals surface area contributed by atoms with Crippen molar-refractivity contribution in [1.29, 1.82) is 0 Å². The maximum atomic E-state index is 13.1. The van der Waals surface area contributed by atoms with E-state index in [9.17, 15) is 18.0 Å². The standard InChI is InChI=1S/C21H31BrN4O5S/c1-14(21(23)28)2-5-20(27)25-15-8-11-26(13-15)32(29,30)17-3-4-19(18(22)12-17)31-16-6-9-24-10-7-16/h3-4,12,14-16,24H,2,5-11,13H2,1H3,(H2,23,28)(H,25,27)/t14-,15+/m0/s1. The lowest BCUT2D eigenvalue weighted by molar-refractivity contribution is -0.123. The maximum Gasteiger partial charge on any atom is 0.243 e. The highest BCUT2D eigenvalue weighted by Crippen LogP contribution is 2.31. The predicted molar refractivity (Wildman–Crippen MR) is 124 cm³/mol. The number of halogens is 1. The number of carbonyl (C=O) groups excluding carboxylic acids is 2. The highest BCUT2D eigenvalue weighted by molar-refractivity contribution is 9.10. The molecule has 2 aliphatic rings. The minimum atomic E-state index is -3.69. The number of hydrogen-bond acceptors (Lipinski definition) is 6. The van der Waals surface area contributed by atoms with E-state index >= 15 is 0 Å². The number of rotatable bonds is 9. The van der Waals surface area contributed by atoms with Crippen LogP contribution in [0.3, 0.4) is 0 Å². The Morgan fingerprint density at radius 2 is 2.03 bits per heavy atom. The van der Waals surface area contributed by atoms with Crippen LogP contribution in [0.5, 0.6) is 5.75 Å². The Morgan fingerprint density at radius 3 is 2.69 bits per heavy atom. The molecule has 0 saturated carbocycles. The summed E-state index contributed by atoms with van der Waals surface area (Å²) in [6.07, 6.45) is 3.02. The van der Waals surface area contributed by atoms with Crippen LogP contribution in [0.4, 0.5) is 0 Å². The van der Waals surface area contributed by atoms with Crippen LogP contribution in [0.15, 0.2) is 27.6 Å². The lowest BCUT2D eigenvalue weighted by Gasteiger charge is -2.24. The molecule has 0 aliphatic carbocycles. The second-order valence-corrected chi connectivity index (χ2v) is 11.2. The van der Waals surface area contributed by atoms with Crippen LogP contribution >= 0.6 is 15.9 Å².